The summed E-state index contributed by atoms with van der Waals surface area (Å²) in [6, 6.07) is -1.29. The maximum absolute atomic E-state index is 14.1. The third kappa shape index (κ3) is 2.72. The fourth-order valence-electron chi connectivity index (χ4n) is 3.68. The average molecular weight is 428 g/mol. The van der Waals surface area contributed by atoms with Gasteiger partial charge in [0.05, 0.1) is 28.6 Å². The molecule has 10 heteroatoms. The van der Waals surface area contributed by atoms with Crippen molar-refractivity contribution >= 4 is 38.9 Å². The summed E-state index contributed by atoms with van der Waals surface area (Å²) in [5.74, 6) is -6.15. The number of nitrogens with one attached hydrogen (secondary N) is 2. The first-order valence-electron chi connectivity index (χ1n) is 7.51. The first-order valence-corrected chi connectivity index (χ1v) is 9.12. The summed E-state index contributed by atoms with van der Waals surface area (Å²) in [5, 5.41) is 5.45. The Morgan fingerprint density at radius 2 is 1.96 bits per heavy atom. The summed E-state index contributed by atoms with van der Waals surface area (Å²) in [4.78, 5) is 14.3. The van der Waals surface area contributed by atoms with Crippen molar-refractivity contribution in [2.45, 2.75) is 36.8 Å². The molecule has 2 N–H and O–H groups in total. The third-order valence-corrected chi connectivity index (χ3v) is 6.64. The molecule has 1 amide bonds. The highest BCUT2D eigenvalue weighted by atomic mass is 79.9. The van der Waals surface area contributed by atoms with Crippen LogP contribution in [0.2, 0.25) is 0 Å². The smallest absolute Gasteiger partial charge is 0.269 e. The van der Waals surface area contributed by atoms with Crippen LogP contribution in [0.3, 0.4) is 0 Å². The van der Waals surface area contributed by atoms with E-state index in [1.54, 1.807) is 0 Å². The Balaban J connectivity index is 1.69. The minimum Gasteiger partial charge on any atom is -0.362 e. The van der Waals surface area contributed by atoms with E-state index in [1.807, 2.05) is 0 Å². The summed E-state index contributed by atoms with van der Waals surface area (Å²) in [6.45, 7) is -0.887. The zero-order chi connectivity index (χ0) is 17.3. The van der Waals surface area contributed by atoms with Crippen molar-refractivity contribution in [1.82, 2.24) is 10.6 Å². The molecule has 1 aromatic heterocycles. The SMILES string of the molecule is O=C1N[C@@H]([C@@H]2CC(F)(F)CN2)CN2CC(F)(F)Cc3c(Br)sc1c32. The lowest BCUT2D eigenvalue weighted by molar-refractivity contribution is 0.00449. The fraction of sp³-hybridized carbons (Fsp3) is 0.643. The van der Waals surface area contributed by atoms with E-state index in [9.17, 15) is 22.4 Å². The summed E-state index contributed by atoms with van der Waals surface area (Å²) < 4.78 is 55.6. The molecule has 1 fully saturated rings. The van der Waals surface area contributed by atoms with E-state index in [0.717, 1.165) is 11.3 Å². The van der Waals surface area contributed by atoms with E-state index in [4.69, 9.17) is 0 Å². The van der Waals surface area contributed by atoms with E-state index >= 15 is 0 Å². The number of carbonyl (C=O) groups is 1. The number of rotatable bonds is 1. The second kappa shape index (κ2) is 5.31. The van der Waals surface area contributed by atoms with Crippen molar-refractivity contribution in [2.75, 3.05) is 24.5 Å². The van der Waals surface area contributed by atoms with E-state index in [1.165, 1.54) is 4.90 Å². The number of carbonyl (C=O) groups excluding carboxylic acids is 1. The quantitative estimate of drug-likeness (QED) is 0.677. The highest BCUT2D eigenvalue weighted by Gasteiger charge is 2.48. The highest BCUT2D eigenvalue weighted by molar-refractivity contribution is 9.11. The van der Waals surface area contributed by atoms with Gasteiger partial charge in [0.25, 0.3) is 17.8 Å². The lowest BCUT2D eigenvalue weighted by atomic mass is 10.00. The number of thiophene rings is 1. The van der Waals surface area contributed by atoms with Gasteiger partial charge in [0.15, 0.2) is 0 Å². The Morgan fingerprint density at radius 3 is 2.62 bits per heavy atom. The first-order chi connectivity index (χ1) is 11.2. The van der Waals surface area contributed by atoms with Gasteiger partial charge < -0.3 is 15.5 Å². The standard InChI is InChI=1S/C14H14BrF4N3OS/c15-11-6-1-14(18,19)5-22-3-8(7-2-13(16,17)4-20-7)21-12(23)10(24-11)9(6)22/h7-8,20H,1-5H2,(H,21,23)/t7-,8+/m0/s1. The largest absolute Gasteiger partial charge is 0.362 e. The van der Waals surface area contributed by atoms with Gasteiger partial charge in [0.2, 0.25) is 0 Å². The van der Waals surface area contributed by atoms with Gasteiger partial charge in [-0.2, -0.15) is 0 Å². The van der Waals surface area contributed by atoms with Crippen molar-refractivity contribution in [3.05, 3.63) is 14.2 Å². The van der Waals surface area contributed by atoms with Crippen LogP contribution < -0.4 is 15.5 Å². The summed E-state index contributed by atoms with van der Waals surface area (Å²) >= 11 is 4.38. The predicted octanol–water partition coefficient (Wildman–Crippen LogP) is 2.62. The fourth-order valence-corrected chi connectivity index (χ4v) is 5.46. The maximum Gasteiger partial charge on any atom is 0.269 e. The van der Waals surface area contributed by atoms with E-state index in [2.05, 4.69) is 26.6 Å². The van der Waals surface area contributed by atoms with Gasteiger partial charge in [0.1, 0.15) is 4.88 Å². The minimum absolute atomic E-state index is 0.0816. The van der Waals surface area contributed by atoms with Crippen molar-refractivity contribution in [3.63, 3.8) is 0 Å². The molecule has 2 atom stereocenters. The lowest BCUT2D eigenvalue weighted by Crippen LogP contribution is -2.54. The summed E-state index contributed by atoms with van der Waals surface area (Å²) in [6.07, 6.45) is -0.833. The topological polar surface area (TPSA) is 44.4 Å². The molecule has 4 rings (SSSR count). The molecule has 3 aliphatic heterocycles. The second-order valence-corrected chi connectivity index (χ2v) is 8.91. The molecular weight excluding hydrogens is 414 g/mol. The minimum atomic E-state index is -2.92. The van der Waals surface area contributed by atoms with E-state index < -0.39 is 55.8 Å². The van der Waals surface area contributed by atoms with Gasteiger partial charge in [-0.3, -0.25) is 4.79 Å². The van der Waals surface area contributed by atoms with Gasteiger partial charge >= 0.3 is 0 Å². The van der Waals surface area contributed by atoms with Crippen LogP contribution in [0.15, 0.2) is 3.79 Å². The van der Waals surface area contributed by atoms with Crippen LogP contribution in [-0.4, -0.2) is 49.5 Å². The molecule has 1 saturated heterocycles. The number of hydrogen-bond donors (Lipinski definition) is 2. The number of amides is 1. The molecule has 0 saturated carbocycles. The van der Waals surface area contributed by atoms with Crippen molar-refractivity contribution in [3.8, 4) is 0 Å². The van der Waals surface area contributed by atoms with Crippen LogP contribution in [0.1, 0.15) is 21.7 Å². The number of nitrogens with zero attached hydrogens (tertiary/aromatic N) is 1. The normalized spacial score (nSPS) is 30.7. The number of hydrogen-bond acceptors (Lipinski definition) is 4. The third-order valence-electron chi connectivity index (χ3n) is 4.67. The van der Waals surface area contributed by atoms with Gasteiger partial charge in [-0.05, 0) is 15.9 Å². The van der Waals surface area contributed by atoms with Crippen LogP contribution >= 0.6 is 27.3 Å². The lowest BCUT2D eigenvalue weighted by Gasteiger charge is -2.36. The monoisotopic (exact) mass is 427 g/mol. The molecule has 0 aromatic carbocycles. The molecule has 0 bridgehead atoms. The second-order valence-electron chi connectivity index (χ2n) is 6.57. The molecule has 0 unspecified atom stereocenters. The molecule has 1 aromatic rings. The molecule has 132 valence electrons. The number of anilines is 1. The Bertz CT molecular complexity index is 710. The Kier molecular flexibility index (Phi) is 3.67. The number of alkyl halides is 4. The van der Waals surface area contributed by atoms with Crippen molar-refractivity contribution < 1.29 is 22.4 Å². The van der Waals surface area contributed by atoms with Crippen LogP contribution in [-0.2, 0) is 6.42 Å². The maximum atomic E-state index is 14.1. The van der Waals surface area contributed by atoms with E-state index in [-0.39, 0.29) is 6.54 Å². The zero-order valence-corrected chi connectivity index (χ0v) is 14.7. The van der Waals surface area contributed by atoms with Gasteiger partial charge in [-0.15, -0.1) is 11.3 Å². The number of halogens is 5. The molecule has 0 radical (unpaired) electrons. The van der Waals surface area contributed by atoms with Gasteiger partial charge in [0, 0.05) is 31.0 Å². The Hall–Kier alpha value is -0.870. The van der Waals surface area contributed by atoms with Crippen LogP contribution in [0.5, 0.6) is 0 Å². The van der Waals surface area contributed by atoms with Crippen LogP contribution in [0, 0.1) is 0 Å². The van der Waals surface area contributed by atoms with Crippen molar-refractivity contribution in [1.29, 1.82) is 0 Å². The summed E-state index contributed by atoms with van der Waals surface area (Å²) in [7, 11) is 0. The molecule has 24 heavy (non-hydrogen) atoms. The van der Waals surface area contributed by atoms with Crippen LogP contribution in [0.25, 0.3) is 0 Å². The molecule has 3 aliphatic rings. The van der Waals surface area contributed by atoms with Gasteiger partial charge in [-0.25, -0.2) is 17.6 Å². The molecule has 0 aliphatic carbocycles. The Labute approximate surface area is 147 Å². The average Bonchev–Trinajstić information content (AvgIpc) is 2.93. The molecular formula is C14H14BrF4N3OS. The summed E-state index contributed by atoms with van der Waals surface area (Å²) in [5.41, 5.74) is 0.939. The predicted molar refractivity (Wildman–Crippen MR) is 85.5 cm³/mol. The molecule has 0 spiro atoms. The van der Waals surface area contributed by atoms with E-state index in [0.29, 0.717) is 19.9 Å². The van der Waals surface area contributed by atoms with Crippen LogP contribution in [0.4, 0.5) is 23.2 Å². The van der Waals surface area contributed by atoms with Gasteiger partial charge in [-0.1, -0.05) is 0 Å². The first kappa shape index (κ1) is 16.6. The van der Waals surface area contributed by atoms with Crippen molar-refractivity contribution in [2.24, 2.45) is 0 Å². The highest BCUT2D eigenvalue weighted by Crippen LogP contribution is 2.47. The molecule has 4 heterocycles. The Morgan fingerprint density at radius 1 is 1.21 bits per heavy atom. The molecule has 4 nitrogen and oxygen atoms in total. The zero-order valence-electron chi connectivity index (χ0n) is 12.3.